The van der Waals surface area contributed by atoms with Crippen molar-refractivity contribution in [3.8, 4) is 0 Å². The van der Waals surface area contributed by atoms with Crippen LogP contribution >= 0.6 is 0 Å². The van der Waals surface area contributed by atoms with Crippen LogP contribution in [0.3, 0.4) is 0 Å². The van der Waals surface area contributed by atoms with Crippen LogP contribution in [-0.2, 0) is 7.05 Å². The molecule has 0 aliphatic carbocycles. The highest BCUT2D eigenvalue weighted by Gasteiger charge is 2.19. The molecule has 1 aromatic heterocycles. The van der Waals surface area contributed by atoms with E-state index in [1.807, 2.05) is 55.5 Å². The van der Waals surface area contributed by atoms with Crippen molar-refractivity contribution in [2.24, 2.45) is 7.05 Å². The summed E-state index contributed by atoms with van der Waals surface area (Å²) in [4.78, 5) is 27.0. The zero-order valence-electron chi connectivity index (χ0n) is 13.2. The summed E-state index contributed by atoms with van der Waals surface area (Å²) in [5.74, 6) is -0.106. The summed E-state index contributed by atoms with van der Waals surface area (Å²) in [7, 11) is 1.67. The van der Waals surface area contributed by atoms with E-state index < -0.39 is 0 Å². The molecule has 0 aliphatic rings. The summed E-state index contributed by atoms with van der Waals surface area (Å²) >= 11 is 0. The Kier molecular flexibility index (Phi) is 3.98. The molecule has 0 aliphatic heterocycles. The molecule has 4 heteroatoms. The second-order valence-corrected chi connectivity index (χ2v) is 5.39. The van der Waals surface area contributed by atoms with Gasteiger partial charge in [-0.15, -0.1) is 0 Å². The largest absolute Gasteiger partial charge is 0.317 e. The minimum atomic E-state index is -0.106. The fraction of sp³-hybridized carbons (Fsp3) is 0.158. The lowest BCUT2D eigenvalue weighted by Gasteiger charge is -2.22. The van der Waals surface area contributed by atoms with E-state index in [-0.39, 0.29) is 11.5 Å². The number of aromatic nitrogens is 1. The first-order valence-electron chi connectivity index (χ1n) is 7.58. The van der Waals surface area contributed by atoms with Gasteiger partial charge in [0.15, 0.2) is 0 Å². The lowest BCUT2D eigenvalue weighted by atomic mass is 10.1. The third-order valence-corrected chi connectivity index (χ3v) is 3.95. The number of benzene rings is 2. The van der Waals surface area contributed by atoms with Gasteiger partial charge in [0.2, 0.25) is 0 Å². The van der Waals surface area contributed by atoms with E-state index in [1.165, 1.54) is 4.57 Å². The van der Waals surface area contributed by atoms with Crippen molar-refractivity contribution in [1.82, 2.24) is 4.57 Å². The molecule has 0 saturated heterocycles. The van der Waals surface area contributed by atoms with Gasteiger partial charge in [0.1, 0.15) is 0 Å². The van der Waals surface area contributed by atoms with Gasteiger partial charge in [0.25, 0.3) is 11.5 Å². The number of carbonyl (C=O) groups excluding carboxylic acids is 1. The van der Waals surface area contributed by atoms with Crippen LogP contribution in [0.15, 0.2) is 65.6 Å². The summed E-state index contributed by atoms with van der Waals surface area (Å²) < 4.78 is 1.47. The molecule has 0 unspecified atom stereocenters. The average molecular weight is 306 g/mol. The van der Waals surface area contributed by atoms with E-state index in [2.05, 4.69) is 0 Å². The number of pyridine rings is 1. The zero-order valence-corrected chi connectivity index (χ0v) is 13.2. The van der Waals surface area contributed by atoms with Crippen molar-refractivity contribution in [3.63, 3.8) is 0 Å². The minimum absolute atomic E-state index is 0.0973. The van der Waals surface area contributed by atoms with Gasteiger partial charge >= 0.3 is 0 Å². The molecule has 1 heterocycles. The highest BCUT2D eigenvalue weighted by Crippen LogP contribution is 2.21. The Labute approximate surface area is 134 Å². The number of fused-ring (bicyclic) bond motifs is 1. The molecule has 0 bridgehead atoms. The van der Waals surface area contributed by atoms with Gasteiger partial charge in [-0.1, -0.05) is 36.4 Å². The molecule has 4 nitrogen and oxygen atoms in total. The summed E-state index contributed by atoms with van der Waals surface area (Å²) in [6.45, 7) is 2.50. The van der Waals surface area contributed by atoms with Crippen LogP contribution < -0.4 is 10.5 Å². The van der Waals surface area contributed by atoms with Gasteiger partial charge in [-0.25, -0.2) is 0 Å². The van der Waals surface area contributed by atoms with E-state index >= 15 is 0 Å². The smallest absolute Gasteiger partial charge is 0.260 e. The van der Waals surface area contributed by atoms with Crippen molar-refractivity contribution in [2.45, 2.75) is 6.92 Å². The van der Waals surface area contributed by atoms with Crippen molar-refractivity contribution in [1.29, 1.82) is 0 Å². The van der Waals surface area contributed by atoms with Crippen molar-refractivity contribution in [2.75, 3.05) is 11.4 Å². The standard InChI is InChI=1S/C19H18N2O2/c1-3-21(14-9-5-4-6-10-14)19(23)17-13-20(2)18(22)16-12-8-7-11-15(16)17/h4-13H,3H2,1-2H3. The predicted octanol–water partition coefficient (Wildman–Crippen LogP) is 3.21. The fourth-order valence-corrected chi connectivity index (χ4v) is 2.78. The third kappa shape index (κ3) is 2.63. The van der Waals surface area contributed by atoms with Crippen molar-refractivity contribution in [3.05, 3.63) is 76.7 Å². The van der Waals surface area contributed by atoms with Crippen LogP contribution in [0.4, 0.5) is 5.69 Å². The van der Waals surface area contributed by atoms with Gasteiger partial charge < -0.3 is 9.47 Å². The second-order valence-electron chi connectivity index (χ2n) is 5.39. The molecule has 0 N–H and O–H groups in total. The monoisotopic (exact) mass is 306 g/mol. The number of carbonyl (C=O) groups is 1. The maximum atomic E-state index is 13.1. The van der Waals surface area contributed by atoms with Crippen LogP contribution in [0.1, 0.15) is 17.3 Å². The van der Waals surface area contributed by atoms with Crippen LogP contribution in [0, 0.1) is 0 Å². The maximum Gasteiger partial charge on any atom is 0.260 e. The number of nitrogens with zero attached hydrogens (tertiary/aromatic N) is 2. The van der Waals surface area contributed by atoms with E-state index in [4.69, 9.17) is 0 Å². The average Bonchev–Trinajstić information content (AvgIpc) is 2.59. The van der Waals surface area contributed by atoms with E-state index in [0.717, 1.165) is 5.69 Å². The number of amides is 1. The summed E-state index contributed by atoms with van der Waals surface area (Å²) in [6.07, 6.45) is 1.62. The number of hydrogen-bond acceptors (Lipinski definition) is 2. The molecule has 1 amide bonds. The molecule has 0 spiro atoms. The second kappa shape index (κ2) is 6.08. The summed E-state index contributed by atoms with van der Waals surface area (Å²) in [5.41, 5.74) is 1.28. The molecule has 0 radical (unpaired) electrons. The number of aryl methyl sites for hydroxylation is 1. The van der Waals surface area contributed by atoms with Gasteiger partial charge in [-0.2, -0.15) is 0 Å². The van der Waals surface area contributed by atoms with Crippen molar-refractivity contribution < 1.29 is 4.79 Å². The first-order chi connectivity index (χ1) is 11.1. The molecule has 0 saturated carbocycles. The number of rotatable bonds is 3. The Bertz CT molecular complexity index is 914. The fourth-order valence-electron chi connectivity index (χ4n) is 2.78. The molecule has 0 atom stereocenters. The van der Waals surface area contributed by atoms with Gasteiger partial charge in [-0.3, -0.25) is 9.59 Å². The minimum Gasteiger partial charge on any atom is -0.317 e. The van der Waals surface area contributed by atoms with E-state index in [0.29, 0.717) is 22.9 Å². The first-order valence-corrected chi connectivity index (χ1v) is 7.58. The Hall–Kier alpha value is -2.88. The van der Waals surface area contributed by atoms with Crippen molar-refractivity contribution >= 4 is 22.4 Å². The number of anilines is 1. The van der Waals surface area contributed by atoms with Crippen LogP contribution in [0.2, 0.25) is 0 Å². The molecular weight excluding hydrogens is 288 g/mol. The summed E-state index contributed by atoms with van der Waals surface area (Å²) in [5, 5.41) is 1.25. The van der Waals surface area contributed by atoms with Gasteiger partial charge in [-0.05, 0) is 25.1 Å². The Morgan fingerprint density at radius 2 is 1.61 bits per heavy atom. The third-order valence-electron chi connectivity index (χ3n) is 3.95. The molecule has 2 aromatic carbocycles. The predicted molar refractivity (Wildman–Crippen MR) is 93.0 cm³/mol. The van der Waals surface area contributed by atoms with E-state index in [9.17, 15) is 9.59 Å². The Balaban J connectivity index is 2.18. The highest BCUT2D eigenvalue weighted by atomic mass is 16.2. The number of para-hydroxylation sites is 1. The topological polar surface area (TPSA) is 42.3 Å². The molecule has 3 rings (SSSR count). The van der Waals surface area contributed by atoms with E-state index in [1.54, 1.807) is 24.2 Å². The van der Waals surface area contributed by atoms with Gasteiger partial charge in [0, 0.05) is 36.2 Å². The highest BCUT2D eigenvalue weighted by molar-refractivity contribution is 6.13. The number of hydrogen-bond donors (Lipinski definition) is 0. The lowest BCUT2D eigenvalue weighted by molar-refractivity contribution is 0.0989. The summed E-state index contributed by atoms with van der Waals surface area (Å²) in [6, 6.07) is 16.8. The molecule has 23 heavy (non-hydrogen) atoms. The normalized spacial score (nSPS) is 10.7. The van der Waals surface area contributed by atoms with Crippen LogP contribution in [0.5, 0.6) is 0 Å². The lowest BCUT2D eigenvalue weighted by Crippen LogP contribution is -2.32. The molecule has 0 fully saturated rings. The SMILES string of the molecule is CCN(C(=O)c1cn(C)c(=O)c2ccccc12)c1ccccc1. The molecular formula is C19H18N2O2. The maximum absolute atomic E-state index is 13.1. The molecule has 116 valence electrons. The van der Waals surface area contributed by atoms with Gasteiger partial charge in [0.05, 0.1) is 5.56 Å². The quantitative estimate of drug-likeness (QED) is 0.745. The first kappa shape index (κ1) is 15.0. The Morgan fingerprint density at radius 1 is 1.00 bits per heavy atom. The molecule has 3 aromatic rings. The Morgan fingerprint density at radius 3 is 2.26 bits per heavy atom. The van der Waals surface area contributed by atoms with Crippen LogP contribution in [0.25, 0.3) is 10.8 Å². The zero-order chi connectivity index (χ0) is 16.4. The van der Waals surface area contributed by atoms with Crippen LogP contribution in [-0.4, -0.2) is 17.0 Å².